The second-order valence-electron chi connectivity index (χ2n) is 6.75. The summed E-state index contributed by atoms with van der Waals surface area (Å²) in [5, 5.41) is 0. The van der Waals surface area contributed by atoms with Crippen LogP contribution in [-0.4, -0.2) is 62.7 Å². The van der Waals surface area contributed by atoms with Crippen LogP contribution in [0.5, 0.6) is 5.75 Å². The van der Waals surface area contributed by atoms with Crippen molar-refractivity contribution in [2.45, 2.75) is 46.1 Å². The Hall–Kier alpha value is -2.94. The number of rotatable bonds is 12. The highest BCUT2D eigenvalue weighted by Crippen LogP contribution is 2.35. The first kappa shape index (κ1) is 24.3. The molecule has 0 N–H and O–H groups in total. The van der Waals surface area contributed by atoms with Crippen LogP contribution in [0.4, 0.5) is 5.69 Å². The fourth-order valence-electron chi connectivity index (χ4n) is 3.18. The van der Waals surface area contributed by atoms with E-state index in [0.717, 1.165) is 0 Å². The average molecular weight is 435 g/mol. The molecule has 0 saturated heterocycles. The molecule has 0 aromatic heterocycles. The van der Waals surface area contributed by atoms with Gasteiger partial charge in [0.2, 0.25) is 0 Å². The van der Waals surface area contributed by atoms with E-state index in [1.807, 2.05) is 6.92 Å². The summed E-state index contributed by atoms with van der Waals surface area (Å²) >= 11 is 0. The van der Waals surface area contributed by atoms with Crippen molar-refractivity contribution in [3.8, 4) is 5.75 Å². The molecule has 1 aliphatic heterocycles. The minimum atomic E-state index is -0.860. The summed E-state index contributed by atoms with van der Waals surface area (Å²) in [7, 11) is 0. The minimum Gasteiger partial charge on any atom is -0.482 e. The second kappa shape index (κ2) is 12.0. The summed E-state index contributed by atoms with van der Waals surface area (Å²) < 4.78 is 20.7. The zero-order valence-corrected chi connectivity index (χ0v) is 18.2. The number of fused-ring (bicyclic) bond motifs is 1. The summed E-state index contributed by atoms with van der Waals surface area (Å²) in [4.78, 5) is 50.6. The number of Topliss-reactive ketones (excluding diaryl/α,β-unsaturated/α-hetero) is 1. The number of benzene rings is 1. The van der Waals surface area contributed by atoms with Crippen LogP contribution in [0.25, 0.3) is 0 Å². The molecule has 1 heterocycles. The van der Waals surface area contributed by atoms with Gasteiger partial charge in [-0.05, 0) is 38.5 Å². The predicted molar refractivity (Wildman–Crippen MR) is 111 cm³/mol. The maximum absolute atomic E-state index is 12.6. The van der Waals surface area contributed by atoms with E-state index in [2.05, 4.69) is 0 Å². The monoisotopic (exact) mass is 435 g/mol. The Labute approximate surface area is 181 Å². The molecule has 0 fully saturated rings. The van der Waals surface area contributed by atoms with Crippen molar-refractivity contribution in [3.05, 3.63) is 23.8 Å². The summed E-state index contributed by atoms with van der Waals surface area (Å²) in [6, 6.07) is 3.80. The molecule has 1 atom stereocenters. The van der Waals surface area contributed by atoms with Crippen molar-refractivity contribution < 1.29 is 38.1 Å². The minimum absolute atomic E-state index is 0.0247. The number of hydrogen-bond donors (Lipinski definition) is 0. The fourth-order valence-corrected chi connectivity index (χ4v) is 3.18. The van der Waals surface area contributed by atoms with Crippen LogP contribution >= 0.6 is 0 Å². The van der Waals surface area contributed by atoms with Gasteiger partial charge in [-0.2, -0.15) is 0 Å². The SMILES string of the molecule is CCOCCOC(=O)C(CC)N1C(=O)COc2ccc(C(=O)CCC(=O)OCC)cc21. The highest BCUT2D eigenvalue weighted by Gasteiger charge is 2.36. The number of esters is 2. The molecule has 31 heavy (non-hydrogen) atoms. The van der Waals surface area contributed by atoms with E-state index >= 15 is 0 Å². The highest BCUT2D eigenvalue weighted by atomic mass is 16.6. The van der Waals surface area contributed by atoms with E-state index in [4.69, 9.17) is 18.9 Å². The van der Waals surface area contributed by atoms with Gasteiger partial charge in [-0.3, -0.25) is 19.3 Å². The van der Waals surface area contributed by atoms with Crippen molar-refractivity contribution in [2.75, 3.05) is 37.9 Å². The van der Waals surface area contributed by atoms with Crippen LogP contribution in [0.2, 0.25) is 0 Å². The van der Waals surface area contributed by atoms with E-state index in [1.165, 1.54) is 11.0 Å². The van der Waals surface area contributed by atoms with Gasteiger partial charge in [0.15, 0.2) is 12.4 Å². The van der Waals surface area contributed by atoms with Gasteiger partial charge in [0.25, 0.3) is 5.91 Å². The van der Waals surface area contributed by atoms with Crippen LogP contribution in [0.1, 0.15) is 50.4 Å². The number of nitrogens with zero attached hydrogens (tertiary/aromatic N) is 1. The lowest BCUT2D eigenvalue weighted by molar-refractivity contribution is -0.148. The predicted octanol–water partition coefficient (Wildman–Crippen LogP) is 2.30. The van der Waals surface area contributed by atoms with Crippen LogP contribution in [0.3, 0.4) is 0 Å². The van der Waals surface area contributed by atoms with E-state index in [-0.39, 0.29) is 45.1 Å². The fraction of sp³-hybridized carbons (Fsp3) is 0.545. The molecular weight excluding hydrogens is 406 g/mol. The molecule has 1 unspecified atom stereocenters. The molecule has 1 aromatic rings. The Morgan fingerprint density at radius 3 is 2.52 bits per heavy atom. The number of amides is 1. The lowest BCUT2D eigenvalue weighted by Gasteiger charge is -2.34. The molecule has 0 saturated carbocycles. The third kappa shape index (κ3) is 6.52. The first-order chi connectivity index (χ1) is 14.9. The Morgan fingerprint density at radius 2 is 1.84 bits per heavy atom. The molecule has 0 radical (unpaired) electrons. The highest BCUT2D eigenvalue weighted by molar-refractivity contribution is 6.05. The third-order valence-corrected chi connectivity index (χ3v) is 4.67. The van der Waals surface area contributed by atoms with Crippen LogP contribution in [-0.2, 0) is 28.6 Å². The van der Waals surface area contributed by atoms with E-state index < -0.39 is 23.9 Å². The molecule has 0 spiro atoms. The van der Waals surface area contributed by atoms with Crippen molar-refractivity contribution in [1.82, 2.24) is 0 Å². The molecule has 1 aliphatic rings. The molecule has 1 amide bonds. The van der Waals surface area contributed by atoms with Crippen LogP contribution in [0.15, 0.2) is 18.2 Å². The number of ether oxygens (including phenoxy) is 4. The van der Waals surface area contributed by atoms with Gasteiger partial charge in [-0.15, -0.1) is 0 Å². The molecule has 0 aliphatic carbocycles. The van der Waals surface area contributed by atoms with E-state index in [1.54, 1.807) is 26.0 Å². The van der Waals surface area contributed by atoms with Gasteiger partial charge in [0.1, 0.15) is 18.4 Å². The largest absolute Gasteiger partial charge is 0.482 e. The standard InChI is InChI=1S/C22H29NO8/c1-4-16(22(27)30-12-11-28-5-2)23-17-13-15(7-9-19(17)31-14-20(23)25)18(24)8-10-21(26)29-6-3/h7,9,13,16H,4-6,8,10-12,14H2,1-3H3. The zero-order chi connectivity index (χ0) is 22.8. The van der Waals surface area contributed by atoms with Crippen LogP contribution < -0.4 is 9.64 Å². The maximum Gasteiger partial charge on any atom is 0.329 e. The molecule has 9 heteroatoms. The number of ketones is 1. The van der Waals surface area contributed by atoms with Gasteiger partial charge >= 0.3 is 11.9 Å². The van der Waals surface area contributed by atoms with Crippen LogP contribution in [0, 0.1) is 0 Å². The quantitative estimate of drug-likeness (QED) is 0.280. The van der Waals surface area contributed by atoms with Gasteiger partial charge < -0.3 is 18.9 Å². The number of hydrogen-bond acceptors (Lipinski definition) is 8. The van der Waals surface area contributed by atoms with Crippen molar-refractivity contribution >= 4 is 29.3 Å². The molecule has 9 nitrogen and oxygen atoms in total. The first-order valence-electron chi connectivity index (χ1n) is 10.4. The van der Waals surface area contributed by atoms with Gasteiger partial charge in [-0.1, -0.05) is 6.92 Å². The molecule has 2 rings (SSSR count). The molecule has 0 bridgehead atoms. The third-order valence-electron chi connectivity index (χ3n) is 4.67. The Bertz CT molecular complexity index is 807. The zero-order valence-electron chi connectivity index (χ0n) is 18.2. The van der Waals surface area contributed by atoms with Gasteiger partial charge in [-0.25, -0.2) is 4.79 Å². The smallest absolute Gasteiger partial charge is 0.329 e. The summed E-state index contributed by atoms with van der Waals surface area (Å²) in [6.45, 7) is 6.20. The van der Waals surface area contributed by atoms with Crippen molar-refractivity contribution in [1.29, 1.82) is 0 Å². The van der Waals surface area contributed by atoms with Gasteiger partial charge in [0, 0.05) is 18.6 Å². The van der Waals surface area contributed by atoms with Crippen molar-refractivity contribution in [2.24, 2.45) is 0 Å². The molecule has 1 aromatic carbocycles. The number of anilines is 1. The van der Waals surface area contributed by atoms with E-state index in [0.29, 0.717) is 30.0 Å². The average Bonchev–Trinajstić information content (AvgIpc) is 2.76. The maximum atomic E-state index is 12.6. The number of carbonyl (C=O) groups excluding carboxylic acids is 4. The normalized spacial score (nSPS) is 13.8. The Kier molecular flexibility index (Phi) is 9.45. The van der Waals surface area contributed by atoms with Crippen molar-refractivity contribution in [3.63, 3.8) is 0 Å². The Balaban J connectivity index is 2.20. The Morgan fingerprint density at radius 1 is 1.06 bits per heavy atom. The van der Waals surface area contributed by atoms with E-state index in [9.17, 15) is 19.2 Å². The summed E-state index contributed by atoms with van der Waals surface area (Å²) in [6.07, 6.45) is 0.259. The lowest BCUT2D eigenvalue weighted by Crippen LogP contribution is -2.50. The van der Waals surface area contributed by atoms with Gasteiger partial charge in [0.05, 0.1) is 25.3 Å². The molecular formula is C22H29NO8. The number of carbonyl (C=O) groups is 4. The first-order valence-corrected chi connectivity index (χ1v) is 10.4. The second-order valence-corrected chi connectivity index (χ2v) is 6.75. The molecule has 170 valence electrons. The topological polar surface area (TPSA) is 108 Å². The summed E-state index contributed by atoms with van der Waals surface area (Å²) in [5.74, 6) is -1.29. The summed E-state index contributed by atoms with van der Waals surface area (Å²) in [5.41, 5.74) is 0.637. The lowest BCUT2D eigenvalue weighted by atomic mass is 10.0.